The summed E-state index contributed by atoms with van der Waals surface area (Å²) in [6.07, 6.45) is 0. The Morgan fingerprint density at radius 3 is 2.10 bits per heavy atom. The van der Waals surface area contributed by atoms with Crippen molar-refractivity contribution >= 4 is 29.0 Å². The molecule has 0 atom stereocenters. The van der Waals surface area contributed by atoms with Crippen molar-refractivity contribution in [3.05, 3.63) is 58.4 Å². The summed E-state index contributed by atoms with van der Waals surface area (Å²) in [5, 5.41) is 5.77. The van der Waals surface area contributed by atoms with Crippen LogP contribution in [0, 0.1) is 19.7 Å². The number of amides is 2. The average molecular weight is 293 g/mol. The van der Waals surface area contributed by atoms with Gasteiger partial charge in [0.1, 0.15) is 5.82 Å². The standard InChI is InChI=1S/C15H14ClFN2O/c1-9-3-5-11(7-13(9)16)18-15(20)19-12-6-4-10(2)14(17)8-12/h3-8H,1-2H3,(H2,18,19,20). The van der Waals surface area contributed by atoms with Crippen LogP contribution >= 0.6 is 11.6 Å². The van der Waals surface area contributed by atoms with Gasteiger partial charge in [-0.25, -0.2) is 9.18 Å². The molecule has 2 aromatic rings. The van der Waals surface area contributed by atoms with Gasteiger partial charge in [-0.15, -0.1) is 0 Å². The summed E-state index contributed by atoms with van der Waals surface area (Å²) in [5.41, 5.74) is 2.42. The second kappa shape index (κ2) is 5.92. The fraction of sp³-hybridized carbons (Fsp3) is 0.133. The molecule has 104 valence electrons. The molecule has 20 heavy (non-hydrogen) atoms. The van der Waals surface area contributed by atoms with Crippen LogP contribution in [0.15, 0.2) is 36.4 Å². The number of halogens is 2. The van der Waals surface area contributed by atoms with Gasteiger partial charge >= 0.3 is 6.03 Å². The molecule has 2 aromatic carbocycles. The van der Waals surface area contributed by atoms with Gasteiger partial charge in [0, 0.05) is 16.4 Å². The summed E-state index contributed by atoms with van der Waals surface area (Å²) in [6, 6.07) is 9.28. The first-order valence-electron chi connectivity index (χ1n) is 6.06. The molecule has 5 heteroatoms. The van der Waals surface area contributed by atoms with Crippen molar-refractivity contribution in [2.24, 2.45) is 0 Å². The molecule has 2 rings (SSSR count). The number of rotatable bonds is 2. The molecule has 0 radical (unpaired) electrons. The minimum absolute atomic E-state index is 0.360. The Morgan fingerprint density at radius 1 is 1.00 bits per heavy atom. The summed E-state index contributed by atoms with van der Waals surface area (Å²) in [7, 11) is 0. The highest BCUT2D eigenvalue weighted by molar-refractivity contribution is 6.31. The molecule has 2 amide bonds. The molecule has 0 unspecified atom stereocenters. The number of carbonyl (C=O) groups excluding carboxylic acids is 1. The number of nitrogens with one attached hydrogen (secondary N) is 2. The SMILES string of the molecule is Cc1ccc(NC(=O)Nc2ccc(C)c(Cl)c2)cc1F. The molecule has 0 saturated heterocycles. The molecule has 0 aliphatic rings. The van der Waals surface area contributed by atoms with Gasteiger partial charge in [0.05, 0.1) is 0 Å². The maximum Gasteiger partial charge on any atom is 0.323 e. The highest BCUT2D eigenvalue weighted by Gasteiger charge is 2.06. The normalized spacial score (nSPS) is 10.2. The van der Waals surface area contributed by atoms with Crippen molar-refractivity contribution in [3.63, 3.8) is 0 Å². The third-order valence-corrected chi connectivity index (χ3v) is 3.27. The Balaban J connectivity index is 2.04. The van der Waals surface area contributed by atoms with E-state index in [1.54, 1.807) is 31.2 Å². The van der Waals surface area contributed by atoms with E-state index in [1.807, 2.05) is 13.0 Å². The molecule has 0 aliphatic heterocycles. The van der Waals surface area contributed by atoms with Crippen molar-refractivity contribution in [3.8, 4) is 0 Å². The first-order valence-corrected chi connectivity index (χ1v) is 6.44. The van der Waals surface area contributed by atoms with Crippen LogP contribution in [0.25, 0.3) is 0 Å². The van der Waals surface area contributed by atoms with Crippen LogP contribution in [0.4, 0.5) is 20.6 Å². The average Bonchev–Trinajstić information content (AvgIpc) is 2.38. The first kappa shape index (κ1) is 14.3. The molecular formula is C15H14ClFN2O. The summed E-state index contributed by atoms with van der Waals surface area (Å²) in [6.45, 7) is 3.54. The van der Waals surface area contributed by atoms with E-state index in [-0.39, 0.29) is 5.82 Å². The molecule has 0 aliphatic carbocycles. The highest BCUT2D eigenvalue weighted by atomic mass is 35.5. The number of aryl methyl sites for hydroxylation is 2. The lowest BCUT2D eigenvalue weighted by Crippen LogP contribution is -2.19. The summed E-state index contributed by atoms with van der Waals surface area (Å²) in [4.78, 5) is 11.8. The smallest absolute Gasteiger partial charge is 0.308 e. The molecule has 0 saturated carbocycles. The van der Waals surface area contributed by atoms with Crippen LogP contribution in [0.2, 0.25) is 5.02 Å². The number of anilines is 2. The summed E-state index contributed by atoms with van der Waals surface area (Å²) in [5.74, 6) is -0.360. The van der Waals surface area contributed by atoms with E-state index >= 15 is 0 Å². The van der Waals surface area contributed by atoms with E-state index in [0.717, 1.165) is 5.56 Å². The van der Waals surface area contributed by atoms with E-state index in [0.29, 0.717) is 22.0 Å². The van der Waals surface area contributed by atoms with E-state index in [4.69, 9.17) is 11.6 Å². The van der Waals surface area contributed by atoms with Crippen LogP contribution in [-0.2, 0) is 0 Å². The Labute approximate surface area is 121 Å². The molecule has 2 N–H and O–H groups in total. The fourth-order valence-electron chi connectivity index (χ4n) is 1.63. The largest absolute Gasteiger partial charge is 0.323 e. The molecule has 0 spiro atoms. The first-order chi connectivity index (χ1) is 9.45. The van der Waals surface area contributed by atoms with Gasteiger partial charge in [-0.2, -0.15) is 0 Å². The number of hydrogen-bond donors (Lipinski definition) is 2. The van der Waals surface area contributed by atoms with Crippen LogP contribution < -0.4 is 10.6 Å². The van der Waals surface area contributed by atoms with Crippen LogP contribution in [0.5, 0.6) is 0 Å². The van der Waals surface area contributed by atoms with Crippen molar-refractivity contribution in [1.82, 2.24) is 0 Å². The maximum atomic E-state index is 13.4. The quantitative estimate of drug-likeness (QED) is 0.824. The molecule has 0 heterocycles. The van der Waals surface area contributed by atoms with E-state index < -0.39 is 6.03 Å². The minimum atomic E-state index is -0.451. The third-order valence-electron chi connectivity index (χ3n) is 2.86. The molecule has 0 aromatic heterocycles. The molecular weight excluding hydrogens is 279 g/mol. The summed E-state index contributed by atoms with van der Waals surface area (Å²) >= 11 is 5.97. The van der Waals surface area contributed by atoms with Crippen LogP contribution in [-0.4, -0.2) is 6.03 Å². The lowest BCUT2D eigenvalue weighted by Gasteiger charge is -2.09. The van der Waals surface area contributed by atoms with Crippen molar-refractivity contribution in [1.29, 1.82) is 0 Å². The predicted octanol–water partition coefficient (Wildman–Crippen LogP) is 4.74. The van der Waals surface area contributed by atoms with Crippen molar-refractivity contribution < 1.29 is 9.18 Å². The van der Waals surface area contributed by atoms with Crippen molar-refractivity contribution in [2.75, 3.05) is 10.6 Å². The lowest BCUT2D eigenvalue weighted by atomic mass is 10.2. The monoisotopic (exact) mass is 292 g/mol. The van der Waals surface area contributed by atoms with Gasteiger partial charge in [0.2, 0.25) is 0 Å². The zero-order valence-corrected chi connectivity index (χ0v) is 11.9. The number of urea groups is 1. The Hall–Kier alpha value is -2.07. The van der Waals surface area contributed by atoms with E-state index in [1.165, 1.54) is 6.07 Å². The zero-order valence-electron chi connectivity index (χ0n) is 11.1. The Bertz CT molecular complexity index is 603. The molecule has 0 fully saturated rings. The topological polar surface area (TPSA) is 41.1 Å². The Kier molecular flexibility index (Phi) is 4.25. The molecule has 0 bridgehead atoms. The van der Waals surface area contributed by atoms with Gasteiger partial charge in [-0.05, 0) is 49.2 Å². The van der Waals surface area contributed by atoms with Crippen LogP contribution in [0.1, 0.15) is 11.1 Å². The fourth-order valence-corrected chi connectivity index (χ4v) is 1.82. The number of carbonyl (C=O) groups is 1. The summed E-state index contributed by atoms with van der Waals surface area (Å²) < 4.78 is 13.4. The van der Waals surface area contributed by atoms with E-state index in [2.05, 4.69) is 10.6 Å². The highest BCUT2D eigenvalue weighted by Crippen LogP contribution is 2.20. The van der Waals surface area contributed by atoms with Gasteiger partial charge in [-0.3, -0.25) is 0 Å². The van der Waals surface area contributed by atoms with Crippen molar-refractivity contribution in [2.45, 2.75) is 13.8 Å². The zero-order chi connectivity index (χ0) is 14.7. The maximum absolute atomic E-state index is 13.4. The van der Waals surface area contributed by atoms with Crippen LogP contribution in [0.3, 0.4) is 0 Å². The molecule has 3 nitrogen and oxygen atoms in total. The lowest BCUT2D eigenvalue weighted by molar-refractivity contribution is 0.262. The van der Waals surface area contributed by atoms with E-state index in [9.17, 15) is 9.18 Å². The number of hydrogen-bond acceptors (Lipinski definition) is 1. The van der Waals surface area contributed by atoms with Gasteiger partial charge < -0.3 is 10.6 Å². The number of benzene rings is 2. The second-order valence-corrected chi connectivity index (χ2v) is 4.91. The van der Waals surface area contributed by atoms with Gasteiger partial charge in [0.15, 0.2) is 0 Å². The van der Waals surface area contributed by atoms with Gasteiger partial charge in [0.25, 0.3) is 0 Å². The predicted molar refractivity (Wildman–Crippen MR) is 80.0 cm³/mol. The second-order valence-electron chi connectivity index (χ2n) is 4.51. The minimum Gasteiger partial charge on any atom is -0.308 e. The van der Waals surface area contributed by atoms with Gasteiger partial charge in [-0.1, -0.05) is 23.7 Å². The Morgan fingerprint density at radius 2 is 1.55 bits per heavy atom. The third kappa shape index (κ3) is 3.48.